The molecule has 33 heavy (non-hydrogen) atoms. The zero-order valence-electron chi connectivity index (χ0n) is 17.1. The van der Waals surface area contributed by atoms with E-state index in [1.54, 1.807) is 12.1 Å². The van der Waals surface area contributed by atoms with Gasteiger partial charge in [-0.05, 0) is 41.8 Å². The fourth-order valence-corrected chi connectivity index (χ4v) is 4.33. The van der Waals surface area contributed by atoms with Gasteiger partial charge >= 0.3 is 0 Å². The molecule has 4 rings (SSSR count). The quantitative estimate of drug-likeness (QED) is 0.315. The number of carbonyl (C=O) groups excluding carboxylic acids is 3. The lowest BCUT2D eigenvalue weighted by Crippen LogP contribution is -2.45. The highest BCUT2D eigenvalue weighted by molar-refractivity contribution is 7.09. The third-order valence-electron chi connectivity index (χ3n) is 5.22. The van der Waals surface area contributed by atoms with E-state index >= 15 is 0 Å². The molecule has 0 bridgehead atoms. The molecule has 1 unspecified atom stereocenters. The maximum absolute atomic E-state index is 13.4. The topological polar surface area (TPSA) is 125 Å². The minimum atomic E-state index is -1.07. The van der Waals surface area contributed by atoms with Crippen molar-refractivity contribution in [2.24, 2.45) is 0 Å². The fourth-order valence-electron chi connectivity index (χ4n) is 3.63. The number of amides is 3. The van der Waals surface area contributed by atoms with E-state index < -0.39 is 28.7 Å². The first kappa shape index (κ1) is 21.9. The fraction of sp³-hybridized carbons (Fsp3) is 0.130. The lowest BCUT2D eigenvalue weighted by Gasteiger charge is -2.27. The summed E-state index contributed by atoms with van der Waals surface area (Å²) < 4.78 is 0. The lowest BCUT2D eigenvalue weighted by molar-refractivity contribution is -0.384. The number of anilines is 1. The Bertz CT molecular complexity index is 1280. The summed E-state index contributed by atoms with van der Waals surface area (Å²) in [4.78, 5) is 53.1. The van der Waals surface area contributed by atoms with Gasteiger partial charge in [-0.1, -0.05) is 12.1 Å². The molecule has 2 heterocycles. The smallest absolute Gasteiger partial charge is 0.270 e. The maximum atomic E-state index is 13.4. The number of hydrogen-bond donors (Lipinski definition) is 0. The van der Waals surface area contributed by atoms with E-state index in [1.807, 2.05) is 11.4 Å². The summed E-state index contributed by atoms with van der Waals surface area (Å²) in [6.07, 6.45) is -0.217. The number of non-ortho nitro benzene ring substituents is 1. The van der Waals surface area contributed by atoms with Crippen LogP contribution in [0.15, 0.2) is 66.0 Å². The van der Waals surface area contributed by atoms with Crippen LogP contribution in [0.2, 0.25) is 0 Å². The summed E-state index contributed by atoms with van der Waals surface area (Å²) in [5.41, 5.74) is 0.503. The summed E-state index contributed by atoms with van der Waals surface area (Å²) in [5, 5.41) is 22.0. The third kappa shape index (κ3) is 4.35. The maximum Gasteiger partial charge on any atom is 0.270 e. The van der Waals surface area contributed by atoms with E-state index in [1.165, 1.54) is 58.7 Å². The molecule has 9 nitrogen and oxygen atoms in total. The standard InChI is InChI=1S/C23H16N4O5S/c24-13-15-6-8-17(9-7-15)26-21(28)12-20(23(26)30)25(14-19-5-2-10-33-19)22(29)16-3-1-4-18(11-16)27(31)32/h1-11,20H,12,14H2. The lowest BCUT2D eigenvalue weighted by atomic mass is 10.1. The number of imide groups is 1. The summed E-state index contributed by atoms with van der Waals surface area (Å²) in [6, 6.07) is 15.8. The second-order valence-electron chi connectivity index (χ2n) is 7.27. The molecule has 0 aliphatic carbocycles. The number of hydrogen-bond acceptors (Lipinski definition) is 7. The van der Waals surface area contributed by atoms with Crippen LogP contribution in [0.3, 0.4) is 0 Å². The van der Waals surface area contributed by atoms with Crippen molar-refractivity contribution in [1.29, 1.82) is 5.26 Å². The highest BCUT2D eigenvalue weighted by Gasteiger charge is 2.44. The van der Waals surface area contributed by atoms with Crippen LogP contribution >= 0.6 is 11.3 Å². The average Bonchev–Trinajstić information content (AvgIpc) is 3.44. The van der Waals surface area contributed by atoms with Gasteiger partial charge in [0.2, 0.25) is 5.91 Å². The molecule has 3 amide bonds. The molecule has 1 saturated heterocycles. The highest BCUT2D eigenvalue weighted by atomic mass is 32.1. The Hall–Kier alpha value is -4.36. The predicted octanol–water partition coefficient (Wildman–Crippen LogP) is 3.50. The van der Waals surface area contributed by atoms with Crippen molar-refractivity contribution in [2.75, 3.05) is 4.90 Å². The Kier molecular flexibility index (Phi) is 5.97. The third-order valence-corrected chi connectivity index (χ3v) is 6.09. The van der Waals surface area contributed by atoms with Gasteiger partial charge in [0.25, 0.3) is 17.5 Å². The Balaban J connectivity index is 1.68. The predicted molar refractivity (Wildman–Crippen MR) is 119 cm³/mol. The molecule has 1 atom stereocenters. The minimum Gasteiger partial charge on any atom is -0.321 e. The van der Waals surface area contributed by atoms with Gasteiger partial charge in [0.1, 0.15) is 6.04 Å². The second-order valence-corrected chi connectivity index (χ2v) is 8.30. The van der Waals surface area contributed by atoms with Gasteiger partial charge in [0, 0.05) is 22.6 Å². The zero-order chi connectivity index (χ0) is 23.5. The van der Waals surface area contributed by atoms with Crippen LogP contribution in [0.5, 0.6) is 0 Å². The normalized spacial score (nSPS) is 15.4. The molecule has 1 aliphatic heterocycles. The summed E-state index contributed by atoms with van der Waals surface area (Å²) in [6.45, 7) is 0.0735. The number of nitro groups is 1. The van der Waals surface area contributed by atoms with Crippen LogP contribution in [-0.2, 0) is 16.1 Å². The van der Waals surface area contributed by atoms with Crippen molar-refractivity contribution < 1.29 is 19.3 Å². The summed E-state index contributed by atoms with van der Waals surface area (Å²) in [5.74, 6) is -1.63. The van der Waals surface area contributed by atoms with Crippen molar-refractivity contribution in [1.82, 2.24) is 4.90 Å². The van der Waals surface area contributed by atoms with Gasteiger partial charge < -0.3 is 4.90 Å². The van der Waals surface area contributed by atoms with Gasteiger partial charge in [-0.3, -0.25) is 24.5 Å². The van der Waals surface area contributed by atoms with Crippen molar-refractivity contribution in [3.8, 4) is 6.07 Å². The van der Waals surface area contributed by atoms with E-state index in [-0.39, 0.29) is 24.2 Å². The number of nitrogens with zero attached hydrogens (tertiary/aromatic N) is 4. The van der Waals surface area contributed by atoms with Gasteiger partial charge in [0.05, 0.1) is 35.2 Å². The molecule has 164 valence electrons. The van der Waals surface area contributed by atoms with Crippen LogP contribution in [-0.4, -0.2) is 33.6 Å². The molecule has 1 aliphatic rings. The van der Waals surface area contributed by atoms with Crippen molar-refractivity contribution in [3.63, 3.8) is 0 Å². The number of nitriles is 1. The first-order valence-electron chi connectivity index (χ1n) is 9.84. The van der Waals surface area contributed by atoms with E-state index in [2.05, 4.69) is 0 Å². The van der Waals surface area contributed by atoms with Crippen LogP contribution in [0.4, 0.5) is 11.4 Å². The number of carbonyl (C=O) groups is 3. The molecule has 0 radical (unpaired) electrons. The molecule has 10 heteroatoms. The van der Waals surface area contributed by atoms with Crippen molar-refractivity contribution in [2.45, 2.75) is 19.0 Å². The van der Waals surface area contributed by atoms with E-state index in [4.69, 9.17) is 5.26 Å². The van der Waals surface area contributed by atoms with E-state index in [0.717, 1.165) is 15.8 Å². The summed E-state index contributed by atoms with van der Waals surface area (Å²) in [7, 11) is 0. The first-order chi connectivity index (χ1) is 15.9. The van der Waals surface area contributed by atoms with Gasteiger partial charge in [-0.25, -0.2) is 4.90 Å². The van der Waals surface area contributed by atoms with Gasteiger partial charge in [0.15, 0.2) is 0 Å². The number of rotatable bonds is 6. The molecule has 2 aromatic carbocycles. The molecular formula is C23H16N4O5S. The molecule has 3 aromatic rings. The van der Waals surface area contributed by atoms with Crippen LogP contribution < -0.4 is 4.90 Å². The SMILES string of the molecule is N#Cc1ccc(N2C(=O)CC(N(Cc3cccs3)C(=O)c3cccc([N+](=O)[O-])c3)C2=O)cc1. The second kappa shape index (κ2) is 9.02. The Morgan fingerprint density at radius 1 is 1.18 bits per heavy atom. The number of thiophene rings is 1. The molecule has 1 aromatic heterocycles. The Morgan fingerprint density at radius 3 is 2.58 bits per heavy atom. The molecule has 1 fully saturated rings. The van der Waals surface area contributed by atoms with Gasteiger partial charge in [-0.15, -0.1) is 11.3 Å². The van der Waals surface area contributed by atoms with Crippen LogP contribution in [0.1, 0.15) is 27.2 Å². The first-order valence-corrected chi connectivity index (χ1v) is 10.7. The van der Waals surface area contributed by atoms with Crippen molar-refractivity contribution in [3.05, 3.63) is 92.2 Å². The van der Waals surface area contributed by atoms with Crippen LogP contribution in [0.25, 0.3) is 0 Å². The largest absolute Gasteiger partial charge is 0.321 e. The van der Waals surface area contributed by atoms with Crippen molar-refractivity contribution >= 4 is 40.4 Å². The van der Waals surface area contributed by atoms with Gasteiger partial charge in [-0.2, -0.15) is 5.26 Å². The Labute approximate surface area is 192 Å². The van der Waals surface area contributed by atoms with E-state index in [9.17, 15) is 24.5 Å². The number of benzene rings is 2. The number of nitro benzene ring substituents is 1. The minimum absolute atomic E-state index is 0.0535. The average molecular weight is 460 g/mol. The summed E-state index contributed by atoms with van der Waals surface area (Å²) >= 11 is 1.39. The van der Waals surface area contributed by atoms with E-state index in [0.29, 0.717) is 11.3 Å². The Morgan fingerprint density at radius 2 is 1.94 bits per heavy atom. The molecule has 0 N–H and O–H groups in total. The zero-order valence-corrected chi connectivity index (χ0v) is 17.9. The molecular weight excluding hydrogens is 444 g/mol. The highest BCUT2D eigenvalue weighted by Crippen LogP contribution is 2.29. The monoisotopic (exact) mass is 460 g/mol. The van der Waals surface area contributed by atoms with Crippen LogP contribution in [0, 0.1) is 21.4 Å². The molecule has 0 saturated carbocycles. The molecule has 0 spiro atoms.